The number of carbonyl (C=O) groups excluding carboxylic acids is 1. The minimum atomic E-state index is -3.95. The first-order valence-corrected chi connectivity index (χ1v) is 8.59. The Morgan fingerprint density at radius 2 is 2.10 bits per heavy atom. The average Bonchev–Trinajstić information content (AvgIpc) is 2.83. The van der Waals surface area contributed by atoms with Gasteiger partial charge in [0.15, 0.2) is 5.82 Å². The Morgan fingerprint density at radius 3 is 2.71 bits per heavy atom. The van der Waals surface area contributed by atoms with Crippen LogP contribution in [0.4, 0.5) is 4.39 Å². The third-order valence-corrected chi connectivity index (χ3v) is 6.20. The molecule has 0 saturated carbocycles. The fourth-order valence-corrected chi connectivity index (χ4v) is 4.91. The molecule has 0 spiro atoms. The summed E-state index contributed by atoms with van der Waals surface area (Å²) in [6.07, 6.45) is 1.41. The van der Waals surface area contributed by atoms with Crippen molar-refractivity contribution in [2.75, 3.05) is 6.54 Å². The number of sulfonamides is 1. The molecule has 1 aliphatic rings. The Hall–Kier alpha value is -0.690. The summed E-state index contributed by atoms with van der Waals surface area (Å²) in [7, 11) is -3.95. The highest BCUT2D eigenvalue weighted by Gasteiger charge is 2.37. The lowest BCUT2D eigenvalue weighted by molar-refractivity contribution is -0.117. The average molecular weight is 354 g/mol. The molecule has 1 aromatic rings. The van der Waals surface area contributed by atoms with Gasteiger partial charge < -0.3 is 0 Å². The van der Waals surface area contributed by atoms with Gasteiger partial charge in [-0.05, 0) is 31.9 Å². The van der Waals surface area contributed by atoms with E-state index in [1.807, 2.05) is 0 Å². The standard InChI is InChI=1S/C13H14Cl2FNO3S/c1-8(18)7-9-3-2-6-17(9)21(19,20)11-5-4-10(14)13(16)12(11)15/h4-5,9H,2-3,6-7H2,1H3. The summed E-state index contributed by atoms with van der Waals surface area (Å²) in [6.45, 7) is 1.71. The summed E-state index contributed by atoms with van der Waals surface area (Å²) >= 11 is 11.4. The minimum absolute atomic E-state index is 0.0875. The van der Waals surface area contributed by atoms with Gasteiger partial charge in [0.25, 0.3) is 0 Å². The van der Waals surface area contributed by atoms with Crippen LogP contribution in [0.3, 0.4) is 0 Å². The van der Waals surface area contributed by atoms with E-state index in [4.69, 9.17) is 23.2 Å². The molecule has 116 valence electrons. The van der Waals surface area contributed by atoms with Gasteiger partial charge in [0, 0.05) is 19.0 Å². The molecule has 21 heavy (non-hydrogen) atoms. The third-order valence-electron chi connectivity index (χ3n) is 3.43. The van der Waals surface area contributed by atoms with Gasteiger partial charge in [-0.1, -0.05) is 23.2 Å². The lowest BCUT2D eigenvalue weighted by atomic mass is 10.1. The molecular weight excluding hydrogens is 340 g/mol. The molecule has 2 rings (SSSR count). The Kier molecular flexibility index (Phi) is 4.92. The maximum atomic E-state index is 13.7. The highest BCUT2D eigenvalue weighted by atomic mass is 35.5. The van der Waals surface area contributed by atoms with Crippen LogP contribution in [0.5, 0.6) is 0 Å². The molecule has 0 radical (unpaired) electrons. The first kappa shape index (κ1) is 16.7. The summed E-state index contributed by atoms with van der Waals surface area (Å²) in [6, 6.07) is 1.94. The number of carbonyl (C=O) groups is 1. The van der Waals surface area contributed by atoms with Crippen LogP contribution in [0.2, 0.25) is 10.0 Å². The third kappa shape index (κ3) is 3.23. The second kappa shape index (κ2) is 6.20. The Labute approximate surface area is 132 Å². The van der Waals surface area contributed by atoms with E-state index in [1.54, 1.807) is 0 Å². The molecule has 1 atom stereocenters. The Bertz CT molecular complexity index is 678. The van der Waals surface area contributed by atoms with Crippen LogP contribution in [0.1, 0.15) is 26.2 Å². The first-order valence-electron chi connectivity index (χ1n) is 6.40. The highest BCUT2D eigenvalue weighted by Crippen LogP contribution is 2.34. The van der Waals surface area contributed by atoms with Gasteiger partial charge in [-0.3, -0.25) is 4.79 Å². The number of halogens is 3. The van der Waals surface area contributed by atoms with Crippen molar-refractivity contribution in [2.24, 2.45) is 0 Å². The molecule has 0 N–H and O–H groups in total. The number of hydrogen-bond donors (Lipinski definition) is 0. The van der Waals surface area contributed by atoms with Gasteiger partial charge in [0.05, 0.1) is 10.0 Å². The van der Waals surface area contributed by atoms with E-state index >= 15 is 0 Å². The summed E-state index contributed by atoms with van der Waals surface area (Å²) in [5.41, 5.74) is 0. The van der Waals surface area contributed by atoms with Crippen LogP contribution >= 0.6 is 23.2 Å². The van der Waals surface area contributed by atoms with Crippen LogP contribution in [0.15, 0.2) is 17.0 Å². The molecule has 1 aromatic carbocycles. The van der Waals surface area contributed by atoms with Crippen LogP contribution in [0, 0.1) is 5.82 Å². The van der Waals surface area contributed by atoms with Crippen molar-refractivity contribution < 1.29 is 17.6 Å². The van der Waals surface area contributed by atoms with Crippen LogP contribution in [0.25, 0.3) is 0 Å². The fraction of sp³-hybridized carbons (Fsp3) is 0.462. The molecule has 1 fully saturated rings. The van der Waals surface area contributed by atoms with Crippen molar-refractivity contribution in [1.29, 1.82) is 0 Å². The van der Waals surface area contributed by atoms with Crippen LogP contribution < -0.4 is 0 Å². The zero-order valence-electron chi connectivity index (χ0n) is 11.3. The molecule has 1 saturated heterocycles. The normalized spacial score (nSPS) is 19.9. The number of benzene rings is 1. The van der Waals surface area contributed by atoms with E-state index in [-0.39, 0.29) is 22.1 Å². The molecule has 4 nitrogen and oxygen atoms in total. The van der Waals surface area contributed by atoms with Gasteiger partial charge in [-0.2, -0.15) is 4.31 Å². The molecule has 0 aliphatic carbocycles. The lowest BCUT2D eigenvalue weighted by Crippen LogP contribution is -2.36. The van der Waals surface area contributed by atoms with Gasteiger partial charge in [-0.15, -0.1) is 0 Å². The molecule has 1 unspecified atom stereocenters. The number of nitrogens with zero attached hydrogens (tertiary/aromatic N) is 1. The van der Waals surface area contributed by atoms with E-state index in [2.05, 4.69) is 0 Å². The number of rotatable bonds is 4. The second-order valence-corrected chi connectivity index (χ2v) is 7.64. The summed E-state index contributed by atoms with van der Waals surface area (Å²) in [5.74, 6) is -1.04. The summed E-state index contributed by atoms with van der Waals surface area (Å²) < 4.78 is 40.2. The van der Waals surface area contributed by atoms with Gasteiger partial charge in [0.2, 0.25) is 10.0 Å². The van der Waals surface area contributed by atoms with Crippen molar-refractivity contribution in [3.05, 3.63) is 28.0 Å². The predicted molar refractivity (Wildman–Crippen MR) is 78.6 cm³/mol. The molecule has 1 heterocycles. The Balaban J connectivity index is 2.42. The maximum absolute atomic E-state index is 13.7. The maximum Gasteiger partial charge on any atom is 0.244 e. The molecule has 8 heteroatoms. The fourth-order valence-electron chi connectivity index (χ4n) is 2.50. The SMILES string of the molecule is CC(=O)CC1CCCN1S(=O)(=O)c1ccc(Cl)c(F)c1Cl. The molecule has 0 amide bonds. The largest absolute Gasteiger partial charge is 0.300 e. The predicted octanol–water partition coefficient (Wildman–Crippen LogP) is 3.26. The number of ketones is 1. The van der Waals surface area contributed by atoms with E-state index in [0.29, 0.717) is 19.4 Å². The lowest BCUT2D eigenvalue weighted by Gasteiger charge is -2.24. The van der Waals surface area contributed by atoms with Crippen molar-refractivity contribution in [1.82, 2.24) is 4.31 Å². The van der Waals surface area contributed by atoms with E-state index in [1.165, 1.54) is 17.3 Å². The quantitative estimate of drug-likeness (QED) is 0.780. The monoisotopic (exact) mass is 353 g/mol. The zero-order valence-corrected chi connectivity index (χ0v) is 13.6. The Morgan fingerprint density at radius 1 is 1.43 bits per heavy atom. The first-order chi connectivity index (χ1) is 9.75. The molecule has 1 aliphatic heterocycles. The van der Waals surface area contributed by atoms with Crippen molar-refractivity contribution in [3.8, 4) is 0 Å². The molecule has 0 bridgehead atoms. The van der Waals surface area contributed by atoms with E-state index in [0.717, 1.165) is 6.07 Å². The van der Waals surface area contributed by atoms with E-state index in [9.17, 15) is 17.6 Å². The van der Waals surface area contributed by atoms with Crippen molar-refractivity contribution in [3.63, 3.8) is 0 Å². The van der Waals surface area contributed by atoms with Crippen molar-refractivity contribution in [2.45, 2.75) is 37.1 Å². The number of Topliss-reactive ketones (excluding diaryl/α,β-unsaturated/α-hetero) is 1. The van der Waals surface area contributed by atoms with Crippen LogP contribution in [-0.4, -0.2) is 31.1 Å². The summed E-state index contributed by atoms with van der Waals surface area (Å²) in [4.78, 5) is 10.9. The van der Waals surface area contributed by atoms with Gasteiger partial charge in [0.1, 0.15) is 10.7 Å². The second-order valence-electron chi connectivity index (χ2n) is 4.99. The van der Waals surface area contributed by atoms with E-state index < -0.39 is 26.9 Å². The topological polar surface area (TPSA) is 54.5 Å². The molecular formula is C13H14Cl2FNO3S. The smallest absolute Gasteiger partial charge is 0.244 e. The van der Waals surface area contributed by atoms with Gasteiger partial charge >= 0.3 is 0 Å². The van der Waals surface area contributed by atoms with Crippen LogP contribution in [-0.2, 0) is 14.8 Å². The zero-order chi connectivity index (χ0) is 15.8. The van der Waals surface area contributed by atoms with Gasteiger partial charge in [-0.25, -0.2) is 12.8 Å². The number of hydrogen-bond acceptors (Lipinski definition) is 3. The van der Waals surface area contributed by atoms with Crippen molar-refractivity contribution >= 4 is 39.0 Å². The summed E-state index contributed by atoms with van der Waals surface area (Å²) in [5, 5.41) is -0.753. The highest BCUT2D eigenvalue weighted by molar-refractivity contribution is 7.89. The minimum Gasteiger partial charge on any atom is -0.300 e. The molecule has 0 aromatic heterocycles.